The van der Waals surface area contributed by atoms with Gasteiger partial charge in [-0.2, -0.15) is 0 Å². The monoisotopic (exact) mass is 173 g/mol. The average Bonchev–Trinajstić information content (AvgIpc) is 2.34. The predicted molar refractivity (Wildman–Crippen MR) is 45.6 cm³/mol. The van der Waals surface area contributed by atoms with Gasteiger partial charge in [0.1, 0.15) is 0 Å². The molecule has 12 heavy (non-hydrogen) atoms. The maximum absolute atomic E-state index is 11.3. The molecule has 0 aromatic rings. The number of carbonyl (C=O) groups excluding carboxylic acids is 1. The van der Waals surface area contributed by atoms with Crippen LogP contribution in [-0.2, 0) is 4.79 Å². The molecule has 1 aliphatic rings. The zero-order valence-corrected chi connectivity index (χ0v) is 6.99. The van der Waals surface area contributed by atoms with Crippen LogP contribution < -0.4 is 0 Å². The van der Waals surface area contributed by atoms with Crippen LogP contribution in [0, 0.1) is 5.92 Å². The third kappa shape index (κ3) is 2.06. The highest BCUT2D eigenvalue weighted by Gasteiger charge is 2.28. The van der Waals surface area contributed by atoms with Crippen LogP contribution in [-0.4, -0.2) is 41.1 Å². The van der Waals surface area contributed by atoms with E-state index in [1.807, 2.05) is 0 Å². The number of aliphatic hydroxyl groups is 1. The topological polar surface area (TPSA) is 72.0 Å². The number of nitrogens with zero attached hydrogens (tertiary/aromatic N) is 1. The van der Waals surface area contributed by atoms with Gasteiger partial charge in [0.25, 0.3) is 0 Å². The summed E-state index contributed by atoms with van der Waals surface area (Å²) in [6, 6.07) is 0. The Morgan fingerprint density at radius 2 is 2.42 bits per heavy atom. The number of hydrogen-bond acceptors (Lipinski definition) is 2. The van der Waals surface area contributed by atoms with E-state index in [4.69, 9.17) is 5.11 Å². The first-order chi connectivity index (χ1) is 5.29. The van der Waals surface area contributed by atoms with Crippen molar-refractivity contribution in [3.8, 4) is 0 Å². The van der Waals surface area contributed by atoms with Crippen LogP contribution in [0.2, 0.25) is 0 Å². The number of aliphatic hydroxyl groups excluding tert-OH is 1. The summed E-state index contributed by atoms with van der Waals surface area (Å²) < 4.78 is 0. The molecule has 1 rings (SSSR count). The van der Waals surface area contributed by atoms with Crippen molar-refractivity contribution in [2.45, 2.75) is 6.42 Å². The van der Waals surface area contributed by atoms with Crippen molar-refractivity contribution >= 4 is 5.91 Å². The van der Waals surface area contributed by atoms with Crippen molar-refractivity contribution < 1.29 is 15.4 Å². The Labute approximate surface area is 71.8 Å². The van der Waals surface area contributed by atoms with Gasteiger partial charge in [-0.05, 0) is 6.42 Å². The lowest BCUT2D eigenvalue weighted by Gasteiger charge is -2.13. The van der Waals surface area contributed by atoms with Crippen molar-refractivity contribution in [3.05, 3.63) is 12.7 Å². The molecule has 0 spiro atoms. The number of amides is 1. The fourth-order valence-corrected chi connectivity index (χ4v) is 1.32. The molecule has 1 saturated heterocycles. The van der Waals surface area contributed by atoms with Gasteiger partial charge in [0, 0.05) is 13.1 Å². The molecule has 0 aliphatic carbocycles. The second kappa shape index (κ2) is 4.90. The molecule has 1 fully saturated rings. The number of rotatable bonds is 3. The third-order valence-corrected chi connectivity index (χ3v) is 1.99. The lowest BCUT2D eigenvalue weighted by atomic mass is 10.1. The molecular formula is C8H15NO3. The van der Waals surface area contributed by atoms with Crippen molar-refractivity contribution in [2.24, 2.45) is 5.92 Å². The normalized spacial score (nSPS) is 22.2. The lowest BCUT2D eigenvalue weighted by Crippen LogP contribution is -2.29. The number of likely N-dealkylation sites (tertiary alicyclic amines) is 1. The Morgan fingerprint density at radius 1 is 1.75 bits per heavy atom. The summed E-state index contributed by atoms with van der Waals surface area (Å²) in [7, 11) is 0. The van der Waals surface area contributed by atoms with Gasteiger partial charge in [-0.1, -0.05) is 6.08 Å². The van der Waals surface area contributed by atoms with Crippen molar-refractivity contribution in [3.63, 3.8) is 0 Å². The van der Waals surface area contributed by atoms with E-state index in [1.165, 1.54) is 0 Å². The van der Waals surface area contributed by atoms with Gasteiger partial charge < -0.3 is 15.5 Å². The fraction of sp³-hybridized carbons (Fsp3) is 0.625. The van der Waals surface area contributed by atoms with Gasteiger partial charge in [-0.15, -0.1) is 6.58 Å². The van der Waals surface area contributed by atoms with Gasteiger partial charge in [0.15, 0.2) is 0 Å². The van der Waals surface area contributed by atoms with Crippen LogP contribution in [0.5, 0.6) is 0 Å². The Morgan fingerprint density at radius 3 is 2.83 bits per heavy atom. The smallest absolute Gasteiger partial charge is 0.229 e. The average molecular weight is 173 g/mol. The number of hydrogen-bond donors (Lipinski definition) is 1. The van der Waals surface area contributed by atoms with Gasteiger partial charge >= 0.3 is 0 Å². The van der Waals surface area contributed by atoms with E-state index in [0.717, 1.165) is 13.0 Å². The molecule has 4 nitrogen and oxygen atoms in total. The lowest BCUT2D eigenvalue weighted by molar-refractivity contribution is -0.130. The number of carbonyl (C=O) groups is 1. The molecule has 4 heteroatoms. The first-order valence-corrected chi connectivity index (χ1v) is 3.81. The van der Waals surface area contributed by atoms with Gasteiger partial charge in [-0.25, -0.2) is 0 Å². The van der Waals surface area contributed by atoms with Crippen LogP contribution in [0.4, 0.5) is 0 Å². The predicted octanol–water partition coefficient (Wildman–Crippen LogP) is -0.811. The summed E-state index contributed by atoms with van der Waals surface area (Å²) in [6.07, 6.45) is 2.53. The molecule has 0 bridgehead atoms. The SMILES string of the molecule is C=CC1CCN(CCO)C1=O.O. The molecule has 0 saturated carbocycles. The quantitative estimate of drug-likeness (QED) is 0.567. The third-order valence-electron chi connectivity index (χ3n) is 1.99. The zero-order valence-electron chi connectivity index (χ0n) is 6.99. The molecule has 1 aliphatic heterocycles. The van der Waals surface area contributed by atoms with Crippen molar-refractivity contribution in [1.82, 2.24) is 4.90 Å². The van der Waals surface area contributed by atoms with Gasteiger partial charge in [0.05, 0.1) is 12.5 Å². The van der Waals surface area contributed by atoms with E-state index in [0.29, 0.717) is 6.54 Å². The van der Waals surface area contributed by atoms with Gasteiger partial charge in [0.2, 0.25) is 5.91 Å². The highest BCUT2D eigenvalue weighted by Crippen LogP contribution is 2.17. The van der Waals surface area contributed by atoms with E-state index in [-0.39, 0.29) is 23.9 Å². The standard InChI is InChI=1S/C8H13NO2.H2O/c1-2-7-3-4-9(5-6-10)8(7)11;/h2,7,10H,1,3-6H2;1H2. The highest BCUT2D eigenvalue weighted by atomic mass is 16.3. The van der Waals surface area contributed by atoms with Crippen LogP contribution in [0.25, 0.3) is 0 Å². The van der Waals surface area contributed by atoms with Crippen LogP contribution in [0.1, 0.15) is 6.42 Å². The Kier molecular flexibility index (Phi) is 4.54. The molecule has 1 heterocycles. The Balaban J connectivity index is 0.00000121. The molecule has 1 unspecified atom stereocenters. The van der Waals surface area contributed by atoms with Crippen molar-refractivity contribution in [1.29, 1.82) is 0 Å². The van der Waals surface area contributed by atoms with Crippen LogP contribution in [0.3, 0.4) is 0 Å². The molecule has 0 radical (unpaired) electrons. The maximum atomic E-state index is 11.3. The van der Waals surface area contributed by atoms with Crippen LogP contribution in [0.15, 0.2) is 12.7 Å². The molecule has 1 amide bonds. The summed E-state index contributed by atoms with van der Waals surface area (Å²) >= 11 is 0. The largest absolute Gasteiger partial charge is 0.412 e. The zero-order chi connectivity index (χ0) is 8.27. The summed E-state index contributed by atoms with van der Waals surface area (Å²) in [6.45, 7) is 4.85. The van der Waals surface area contributed by atoms with E-state index in [9.17, 15) is 4.79 Å². The summed E-state index contributed by atoms with van der Waals surface area (Å²) in [5.41, 5.74) is 0. The number of β-amino-alcohol motifs (C(OH)–C–C–N with tert-alkyl or cyclic N) is 1. The van der Waals surface area contributed by atoms with E-state index in [2.05, 4.69) is 6.58 Å². The molecule has 3 N–H and O–H groups in total. The second-order valence-corrected chi connectivity index (χ2v) is 2.68. The summed E-state index contributed by atoms with van der Waals surface area (Å²) in [4.78, 5) is 12.9. The fourth-order valence-electron chi connectivity index (χ4n) is 1.32. The maximum Gasteiger partial charge on any atom is 0.229 e. The first kappa shape index (κ1) is 11.1. The molecule has 0 aromatic heterocycles. The van der Waals surface area contributed by atoms with Crippen molar-refractivity contribution in [2.75, 3.05) is 19.7 Å². The van der Waals surface area contributed by atoms with Gasteiger partial charge in [-0.3, -0.25) is 4.79 Å². The highest BCUT2D eigenvalue weighted by molar-refractivity contribution is 5.82. The second-order valence-electron chi connectivity index (χ2n) is 2.68. The van der Waals surface area contributed by atoms with Crippen LogP contribution >= 0.6 is 0 Å². The molecule has 0 aromatic carbocycles. The minimum Gasteiger partial charge on any atom is -0.412 e. The first-order valence-electron chi connectivity index (χ1n) is 3.81. The minimum absolute atomic E-state index is 0. The van der Waals surface area contributed by atoms with E-state index >= 15 is 0 Å². The summed E-state index contributed by atoms with van der Waals surface area (Å²) in [5, 5.41) is 8.58. The molecular weight excluding hydrogens is 158 g/mol. The molecule has 70 valence electrons. The van der Waals surface area contributed by atoms with E-state index < -0.39 is 0 Å². The summed E-state index contributed by atoms with van der Waals surface area (Å²) in [5.74, 6) is 0.0931. The Hall–Kier alpha value is -0.870. The van der Waals surface area contributed by atoms with E-state index in [1.54, 1.807) is 11.0 Å². The minimum atomic E-state index is -0.0125. The molecule has 1 atom stereocenters. The Bertz CT molecular complexity index is 170.